The molecular weight excluding hydrogens is 248 g/mol. The van der Waals surface area contributed by atoms with E-state index in [1.807, 2.05) is 19.1 Å². The average molecular weight is 258 g/mol. The highest BCUT2D eigenvalue weighted by Gasteiger charge is 2.21. The van der Waals surface area contributed by atoms with Crippen LogP contribution in [-0.2, 0) is 4.79 Å². The minimum Gasteiger partial charge on any atom is -0.343 e. The van der Waals surface area contributed by atoms with Crippen LogP contribution in [0.1, 0.15) is 11.3 Å². The normalized spacial score (nSPS) is 17.3. The number of nitrogens with one attached hydrogen (secondary N) is 3. The molecule has 6 heteroatoms. The van der Waals surface area contributed by atoms with Crippen molar-refractivity contribution in [3.8, 4) is 0 Å². The number of aromatic amines is 1. The molecule has 1 aliphatic rings. The highest BCUT2D eigenvalue weighted by atomic mass is 32.1. The van der Waals surface area contributed by atoms with Gasteiger partial charge in [0.1, 0.15) is 11.3 Å². The Hall–Kier alpha value is -2.21. The smallest absolute Gasteiger partial charge is 0.273 e. The van der Waals surface area contributed by atoms with E-state index in [0.717, 1.165) is 22.3 Å². The number of nitrogens with zero attached hydrogens (tertiary/aromatic N) is 1. The maximum Gasteiger partial charge on any atom is 0.273 e. The lowest BCUT2D eigenvalue weighted by atomic mass is 10.1. The molecule has 1 aliphatic heterocycles. The van der Waals surface area contributed by atoms with Crippen LogP contribution in [0.3, 0.4) is 0 Å². The van der Waals surface area contributed by atoms with E-state index >= 15 is 0 Å². The lowest BCUT2D eigenvalue weighted by Gasteiger charge is -1.96. The van der Waals surface area contributed by atoms with Crippen molar-refractivity contribution in [2.45, 2.75) is 6.92 Å². The molecule has 5 nitrogen and oxygen atoms in total. The van der Waals surface area contributed by atoms with Crippen molar-refractivity contribution in [2.24, 2.45) is 0 Å². The van der Waals surface area contributed by atoms with Crippen molar-refractivity contribution in [1.82, 2.24) is 20.6 Å². The Morgan fingerprint density at radius 1 is 1.39 bits per heavy atom. The van der Waals surface area contributed by atoms with Gasteiger partial charge in [-0.25, -0.2) is 4.98 Å². The summed E-state index contributed by atoms with van der Waals surface area (Å²) in [6.07, 6.45) is 3.51. The summed E-state index contributed by atoms with van der Waals surface area (Å²) >= 11 is 4.89. The minimum atomic E-state index is -0.211. The van der Waals surface area contributed by atoms with Crippen LogP contribution in [0.15, 0.2) is 24.0 Å². The molecule has 1 saturated heterocycles. The van der Waals surface area contributed by atoms with Crippen molar-refractivity contribution < 1.29 is 4.79 Å². The summed E-state index contributed by atoms with van der Waals surface area (Å²) in [7, 11) is 0. The van der Waals surface area contributed by atoms with Gasteiger partial charge in [0.15, 0.2) is 5.11 Å². The van der Waals surface area contributed by atoms with Crippen LogP contribution >= 0.6 is 12.2 Å². The van der Waals surface area contributed by atoms with E-state index < -0.39 is 0 Å². The van der Waals surface area contributed by atoms with Crippen molar-refractivity contribution >= 4 is 40.3 Å². The number of aryl methyl sites for hydroxylation is 1. The zero-order valence-electron chi connectivity index (χ0n) is 9.57. The van der Waals surface area contributed by atoms with Crippen LogP contribution in [0.4, 0.5) is 0 Å². The van der Waals surface area contributed by atoms with Gasteiger partial charge in [0.05, 0.1) is 0 Å². The van der Waals surface area contributed by atoms with Gasteiger partial charge in [-0.2, -0.15) is 0 Å². The summed E-state index contributed by atoms with van der Waals surface area (Å²) in [5, 5.41) is 6.68. The van der Waals surface area contributed by atoms with Crippen LogP contribution in [0.2, 0.25) is 0 Å². The van der Waals surface area contributed by atoms with Gasteiger partial charge in [0, 0.05) is 22.8 Å². The number of thiocarbonyl (C=S) groups is 1. The topological polar surface area (TPSA) is 69.8 Å². The third-order valence-corrected chi connectivity index (χ3v) is 3.02. The Kier molecular flexibility index (Phi) is 2.38. The van der Waals surface area contributed by atoms with Gasteiger partial charge >= 0.3 is 0 Å². The Bertz CT molecular complexity index is 701. The fourth-order valence-corrected chi connectivity index (χ4v) is 2.18. The second-order valence-electron chi connectivity index (χ2n) is 4.03. The van der Waals surface area contributed by atoms with Crippen LogP contribution < -0.4 is 10.6 Å². The number of amides is 1. The standard InChI is InChI=1S/C12H10N4OS/c1-6-8(5-9-11(17)16-12(18)15-9)7-3-2-4-13-10(7)14-6/h2-5H,1H3,(H,13,14)(H2,15,16,17,18). The number of pyridine rings is 1. The second-order valence-corrected chi connectivity index (χ2v) is 4.44. The van der Waals surface area contributed by atoms with Gasteiger partial charge < -0.3 is 10.3 Å². The molecule has 0 spiro atoms. The number of aromatic nitrogens is 2. The first kappa shape index (κ1) is 10.9. The lowest BCUT2D eigenvalue weighted by Crippen LogP contribution is -2.21. The van der Waals surface area contributed by atoms with E-state index in [1.165, 1.54) is 0 Å². The third-order valence-electron chi connectivity index (χ3n) is 2.82. The van der Waals surface area contributed by atoms with Crippen LogP contribution in [0.25, 0.3) is 17.1 Å². The Labute approximate surface area is 108 Å². The molecule has 18 heavy (non-hydrogen) atoms. The maximum atomic E-state index is 11.6. The van der Waals surface area contributed by atoms with Gasteiger partial charge in [-0.1, -0.05) is 0 Å². The van der Waals surface area contributed by atoms with E-state index in [2.05, 4.69) is 20.6 Å². The number of carbonyl (C=O) groups excluding carboxylic acids is 1. The largest absolute Gasteiger partial charge is 0.343 e. The molecular formula is C12H10N4OS. The number of carbonyl (C=O) groups is 1. The molecule has 90 valence electrons. The van der Waals surface area contributed by atoms with E-state index in [1.54, 1.807) is 12.3 Å². The van der Waals surface area contributed by atoms with Gasteiger partial charge in [-0.15, -0.1) is 0 Å². The van der Waals surface area contributed by atoms with Gasteiger partial charge in [0.2, 0.25) is 0 Å². The molecule has 2 aromatic heterocycles. The van der Waals surface area contributed by atoms with Gasteiger partial charge in [0.25, 0.3) is 5.91 Å². The molecule has 0 bridgehead atoms. The summed E-state index contributed by atoms with van der Waals surface area (Å²) in [6, 6.07) is 3.83. The Morgan fingerprint density at radius 2 is 2.22 bits per heavy atom. The van der Waals surface area contributed by atoms with E-state index in [4.69, 9.17) is 12.2 Å². The summed E-state index contributed by atoms with van der Waals surface area (Å²) < 4.78 is 0. The number of hydrogen-bond donors (Lipinski definition) is 3. The van der Waals surface area contributed by atoms with Gasteiger partial charge in [-0.05, 0) is 37.4 Å². The highest BCUT2D eigenvalue weighted by molar-refractivity contribution is 7.80. The molecule has 0 aromatic carbocycles. The number of rotatable bonds is 1. The molecule has 0 aliphatic carbocycles. The molecule has 0 radical (unpaired) electrons. The molecule has 3 N–H and O–H groups in total. The SMILES string of the molecule is Cc1[nH]c2ncccc2c1C=C1NC(=S)NC1=O. The Balaban J connectivity index is 2.15. The predicted molar refractivity (Wildman–Crippen MR) is 72.7 cm³/mol. The minimum absolute atomic E-state index is 0.211. The third kappa shape index (κ3) is 1.67. The number of hydrogen-bond acceptors (Lipinski definition) is 3. The zero-order chi connectivity index (χ0) is 12.7. The molecule has 0 unspecified atom stereocenters. The monoisotopic (exact) mass is 258 g/mol. The van der Waals surface area contributed by atoms with Crippen molar-refractivity contribution in [1.29, 1.82) is 0 Å². The summed E-state index contributed by atoms with van der Waals surface area (Å²) in [5.41, 5.74) is 3.17. The Morgan fingerprint density at radius 3 is 2.94 bits per heavy atom. The molecule has 0 atom stereocenters. The fraction of sp³-hybridized carbons (Fsp3) is 0.0833. The van der Waals surface area contributed by atoms with Crippen LogP contribution in [0, 0.1) is 6.92 Å². The van der Waals surface area contributed by atoms with Crippen LogP contribution in [0.5, 0.6) is 0 Å². The summed E-state index contributed by atoms with van der Waals surface area (Å²) in [4.78, 5) is 19.0. The maximum absolute atomic E-state index is 11.6. The predicted octanol–water partition coefficient (Wildman–Crippen LogP) is 1.22. The average Bonchev–Trinajstić information content (AvgIpc) is 2.81. The highest BCUT2D eigenvalue weighted by Crippen LogP contribution is 2.22. The molecule has 3 heterocycles. The first-order chi connectivity index (χ1) is 8.65. The van der Waals surface area contributed by atoms with E-state index in [0.29, 0.717) is 10.8 Å². The van der Waals surface area contributed by atoms with Crippen molar-refractivity contribution in [3.05, 3.63) is 35.3 Å². The van der Waals surface area contributed by atoms with Gasteiger partial charge in [-0.3, -0.25) is 10.1 Å². The summed E-state index contributed by atoms with van der Waals surface area (Å²) in [6.45, 7) is 1.94. The van der Waals surface area contributed by atoms with E-state index in [-0.39, 0.29) is 5.91 Å². The first-order valence-corrected chi connectivity index (χ1v) is 5.83. The second kappa shape index (κ2) is 3.92. The quantitative estimate of drug-likeness (QED) is 0.531. The van der Waals surface area contributed by atoms with Crippen LogP contribution in [-0.4, -0.2) is 21.0 Å². The zero-order valence-corrected chi connectivity index (χ0v) is 10.4. The summed E-state index contributed by atoms with van der Waals surface area (Å²) in [5.74, 6) is -0.211. The lowest BCUT2D eigenvalue weighted by molar-refractivity contribution is -0.115. The first-order valence-electron chi connectivity index (χ1n) is 5.42. The molecule has 2 aromatic rings. The molecule has 1 fully saturated rings. The molecule has 0 saturated carbocycles. The van der Waals surface area contributed by atoms with E-state index in [9.17, 15) is 4.79 Å². The molecule has 1 amide bonds. The number of H-pyrrole nitrogens is 1. The fourth-order valence-electron chi connectivity index (χ4n) is 1.98. The molecule has 3 rings (SSSR count). The number of fused-ring (bicyclic) bond motifs is 1. The van der Waals surface area contributed by atoms with Crippen molar-refractivity contribution in [2.75, 3.05) is 0 Å². The van der Waals surface area contributed by atoms with Crippen molar-refractivity contribution in [3.63, 3.8) is 0 Å².